The van der Waals surface area contributed by atoms with E-state index in [1.165, 1.54) is 12.8 Å². The van der Waals surface area contributed by atoms with Crippen LogP contribution in [0.5, 0.6) is 5.75 Å². The van der Waals surface area contributed by atoms with E-state index in [1.54, 1.807) is 0 Å². The van der Waals surface area contributed by atoms with Gasteiger partial charge in [0.15, 0.2) is 0 Å². The summed E-state index contributed by atoms with van der Waals surface area (Å²) in [5.41, 5.74) is 1.93. The molecule has 2 aromatic carbocycles. The Labute approximate surface area is 154 Å². The van der Waals surface area contributed by atoms with Gasteiger partial charge in [-0.1, -0.05) is 30.3 Å². The van der Waals surface area contributed by atoms with Gasteiger partial charge in [0.05, 0.1) is 0 Å². The number of amides is 2. The Morgan fingerprint density at radius 1 is 0.962 bits per heavy atom. The van der Waals surface area contributed by atoms with Gasteiger partial charge in [0, 0.05) is 37.9 Å². The molecule has 2 amide bonds. The van der Waals surface area contributed by atoms with Crippen LogP contribution in [-0.4, -0.2) is 48.1 Å². The second-order valence-electron chi connectivity index (χ2n) is 6.98. The van der Waals surface area contributed by atoms with Crippen LogP contribution in [0.1, 0.15) is 18.4 Å². The maximum atomic E-state index is 12.4. The summed E-state index contributed by atoms with van der Waals surface area (Å²) in [5.74, 6) is 0.796. The van der Waals surface area contributed by atoms with Gasteiger partial charge in [-0.05, 0) is 42.7 Å². The molecule has 2 aliphatic rings. The first-order valence-electron chi connectivity index (χ1n) is 9.35. The molecule has 1 N–H and O–H groups in total. The molecule has 0 radical (unpaired) electrons. The number of piperazine rings is 1. The molecule has 5 heteroatoms. The summed E-state index contributed by atoms with van der Waals surface area (Å²) in [7, 11) is 0. The Morgan fingerprint density at radius 3 is 2.31 bits per heavy atom. The van der Waals surface area contributed by atoms with Crippen molar-refractivity contribution >= 4 is 11.7 Å². The fraction of sp³-hybridized carbons (Fsp3) is 0.381. The molecule has 1 aliphatic heterocycles. The number of urea groups is 1. The summed E-state index contributed by atoms with van der Waals surface area (Å²) in [4.78, 5) is 16.8. The number of carbonyl (C=O) groups is 1. The molecular formula is C21H25N3O2. The zero-order valence-electron chi connectivity index (χ0n) is 14.9. The first-order chi connectivity index (χ1) is 12.8. The van der Waals surface area contributed by atoms with E-state index in [2.05, 4.69) is 10.2 Å². The van der Waals surface area contributed by atoms with Gasteiger partial charge in [-0.25, -0.2) is 4.79 Å². The fourth-order valence-electron chi connectivity index (χ4n) is 3.31. The average Bonchev–Trinajstić information content (AvgIpc) is 3.54. The summed E-state index contributed by atoms with van der Waals surface area (Å²) >= 11 is 0. The van der Waals surface area contributed by atoms with E-state index in [1.807, 2.05) is 59.5 Å². The molecule has 2 aromatic rings. The van der Waals surface area contributed by atoms with E-state index in [9.17, 15) is 4.79 Å². The number of nitrogens with one attached hydrogen (secondary N) is 1. The molecule has 0 aromatic heterocycles. The van der Waals surface area contributed by atoms with Gasteiger partial charge in [0.2, 0.25) is 0 Å². The molecule has 1 heterocycles. The zero-order chi connectivity index (χ0) is 17.8. The monoisotopic (exact) mass is 351 g/mol. The number of anilines is 1. The summed E-state index contributed by atoms with van der Waals surface area (Å²) in [6.45, 7) is 4.13. The number of ether oxygens (including phenoxy) is 1. The first-order valence-corrected chi connectivity index (χ1v) is 9.35. The summed E-state index contributed by atoms with van der Waals surface area (Å²) in [6.07, 6.45) is 2.65. The van der Waals surface area contributed by atoms with Crippen molar-refractivity contribution in [3.05, 3.63) is 60.2 Å². The van der Waals surface area contributed by atoms with Gasteiger partial charge in [-0.3, -0.25) is 4.90 Å². The summed E-state index contributed by atoms with van der Waals surface area (Å²) < 4.78 is 5.78. The highest BCUT2D eigenvalue weighted by molar-refractivity contribution is 5.89. The highest BCUT2D eigenvalue weighted by Gasteiger charge is 2.32. The second kappa shape index (κ2) is 7.79. The Bertz CT molecular complexity index is 721. The van der Waals surface area contributed by atoms with Crippen LogP contribution in [0, 0.1) is 0 Å². The van der Waals surface area contributed by atoms with Crippen molar-refractivity contribution in [3.63, 3.8) is 0 Å². The lowest BCUT2D eigenvalue weighted by Gasteiger charge is -2.34. The highest BCUT2D eigenvalue weighted by Crippen LogP contribution is 2.27. The summed E-state index contributed by atoms with van der Waals surface area (Å²) in [5, 5.41) is 2.99. The fourth-order valence-corrected chi connectivity index (χ4v) is 3.31. The molecule has 1 saturated heterocycles. The molecule has 5 nitrogen and oxygen atoms in total. The van der Waals surface area contributed by atoms with Crippen molar-refractivity contribution in [1.82, 2.24) is 9.80 Å². The van der Waals surface area contributed by atoms with Crippen LogP contribution in [-0.2, 0) is 6.61 Å². The molecule has 0 atom stereocenters. The van der Waals surface area contributed by atoms with E-state index in [-0.39, 0.29) is 6.03 Å². The molecule has 0 unspecified atom stereocenters. The Kier molecular flexibility index (Phi) is 5.07. The second-order valence-corrected chi connectivity index (χ2v) is 6.98. The molecule has 1 aliphatic carbocycles. The maximum absolute atomic E-state index is 12.4. The van der Waals surface area contributed by atoms with Crippen molar-refractivity contribution in [1.29, 1.82) is 0 Å². The number of carbonyl (C=O) groups excluding carboxylic acids is 1. The van der Waals surface area contributed by atoms with E-state index < -0.39 is 0 Å². The topological polar surface area (TPSA) is 44.8 Å². The molecule has 26 heavy (non-hydrogen) atoms. The maximum Gasteiger partial charge on any atom is 0.321 e. The predicted octanol–water partition coefficient (Wildman–Crippen LogP) is 3.58. The van der Waals surface area contributed by atoms with Gasteiger partial charge in [0.1, 0.15) is 12.4 Å². The normalized spacial score (nSPS) is 17.8. The number of benzene rings is 2. The van der Waals surface area contributed by atoms with Crippen molar-refractivity contribution in [2.24, 2.45) is 0 Å². The van der Waals surface area contributed by atoms with Crippen LogP contribution in [0.2, 0.25) is 0 Å². The molecule has 136 valence electrons. The van der Waals surface area contributed by atoms with Crippen LogP contribution < -0.4 is 10.1 Å². The van der Waals surface area contributed by atoms with Crippen molar-refractivity contribution in [3.8, 4) is 5.75 Å². The standard InChI is InChI=1S/C21H25N3O2/c25-21(24-14-12-23(13-15-24)19-8-9-19)22-18-6-10-20(11-7-18)26-16-17-4-2-1-3-5-17/h1-7,10-11,19H,8-9,12-16H2,(H,22,25). The van der Waals surface area contributed by atoms with Crippen LogP contribution in [0.3, 0.4) is 0 Å². The number of nitrogens with zero attached hydrogens (tertiary/aromatic N) is 2. The van der Waals surface area contributed by atoms with Crippen molar-refractivity contribution in [2.75, 3.05) is 31.5 Å². The van der Waals surface area contributed by atoms with Crippen LogP contribution in [0.4, 0.5) is 10.5 Å². The van der Waals surface area contributed by atoms with Gasteiger partial charge in [-0.2, -0.15) is 0 Å². The Balaban J connectivity index is 1.25. The van der Waals surface area contributed by atoms with Crippen LogP contribution in [0.15, 0.2) is 54.6 Å². The molecule has 0 spiro atoms. The smallest absolute Gasteiger partial charge is 0.321 e. The van der Waals surface area contributed by atoms with E-state index in [0.29, 0.717) is 6.61 Å². The SMILES string of the molecule is O=C(Nc1ccc(OCc2ccccc2)cc1)N1CCN(C2CC2)CC1. The van der Waals surface area contributed by atoms with Crippen LogP contribution in [0.25, 0.3) is 0 Å². The third kappa shape index (κ3) is 4.35. The molecular weight excluding hydrogens is 326 g/mol. The molecule has 1 saturated carbocycles. The Hall–Kier alpha value is -2.53. The summed E-state index contributed by atoms with van der Waals surface area (Å²) in [6, 6.07) is 18.4. The lowest BCUT2D eigenvalue weighted by atomic mass is 10.2. The number of hydrogen-bond donors (Lipinski definition) is 1. The zero-order valence-corrected chi connectivity index (χ0v) is 14.9. The third-order valence-electron chi connectivity index (χ3n) is 5.02. The minimum Gasteiger partial charge on any atom is -0.489 e. The third-order valence-corrected chi connectivity index (χ3v) is 5.02. The van der Waals surface area contributed by atoms with Gasteiger partial charge < -0.3 is 15.0 Å². The minimum atomic E-state index is -0.0154. The van der Waals surface area contributed by atoms with E-state index in [4.69, 9.17) is 4.74 Å². The average molecular weight is 351 g/mol. The van der Waals surface area contributed by atoms with E-state index in [0.717, 1.165) is 49.2 Å². The van der Waals surface area contributed by atoms with Crippen molar-refractivity contribution in [2.45, 2.75) is 25.5 Å². The first kappa shape index (κ1) is 16.9. The van der Waals surface area contributed by atoms with Gasteiger partial charge in [0.25, 0.3) is 0 Å². The number of rotatable bonds is 5. The molecule has 2 fully saturated rings. The molecule has 0 bridgehead atoms. The predicted molar refractivity (Wildman–Crippen MR) is 102 cm³/mol. The minimum absolute atomic E-state index is 0.0154. The van der Waals surface area contributed by atoms with E-state index >= 15 is 0 Å². The Morgan fingerprint density at radius 2 is 1.65 bits per heavy atom. The van der Waals surface area contributed by atoms with Crippen molar-refractivity contribution < 1.29 is 9.53 Å². The quantitative estimate of drug-likeness (QED) is 0.896. The van der Waals surface area contributed by atoms with Gasteiger partial charge in [-0.15, -0.1) is 0 Å². The largest absolute Gasteiger partial charge is 0.489 e. The lowest BCUT2D eigenvalue weighted by Crippen LogP contribution is -2.50. The number of hydrogen-bond acceptors (Lipinski definition) is 3. The van der Waals surface area contributed by atoms with Gasteiger partial charge >= 0.3 is 6.03 Å². The molecule has 4 rings (SSSR count). The highest BCUT2D eigenvalue weighted by atomic mass is 16.5. The van der Waals surface area contributed by atoms with Crippen LogP contribution >= 0.6 is 0 Å². The lowest BCUT2D eigenvalue weighted by molar-refractivity contribution is 0.142.